The Morgan fingerprint density at radius 3 is 2.50 bits per heavy atom. The van der Waals surface area contributed by atoms with E-state index in [1.807, 2.05) is 0 Å². The zero-order valence-corrected chi connectivity index (χ0v) is 8.02. The van der Waals surface area contributed by atoms with Crippen LogP contribution in [-0.2, 0) is 5.54 Å². The Kier molecular flexibility index (Phi) is 2.60. The number of hydrogen-bond acceptors (Lipinski definition) is 3. The summed E-state index contributed by atoms with van der Waals surface area (Å²) in [4.78, 5) is 10.3. The van der Waals surface area contributed by atoms with Gasteiger partial charge in [0.1, 0.15) is 11.3 Å². The molecule has 0 saturated heterocycles. The number of rotatable bonds is 3. The van der Waals surface area contributed by atoms with E-state index in [1.54, 1.807) is 32.0 Å². The molecule has 0 saturated carbocycles. The van der Waals surface area contributed by atoms with Crippen LogP contribution in [0.15, 0.2) is 24.3 Å². The van der Waals surface area contributed by atoms with Gasteiger partial charge in [-0.3, -0.25) is 0 Å². The normalized spacial score (nSPS) is 11.0. The predicted molar refractivity (Wildman–Crippen MR) is 51.3 cm³/mol. The van der Waals surface area contributed by atoms with Gasteiger partial charge < -0.3 is 5.11 Å². The second kappa shape index (κ2) is 3.53. The van der Waals surface area contributed by atoms with Crippen molar-refractivity contribution in [1.29, 1.82) is 0 Å². The van der Waals surface area contributed by atoms with Crippen LogP contribution in [0.3, 0.4) is 0 Å². The number of hydrogen-bond donors (Lipinski definition) is 2. The summed E-state index contributed by atoms with van der Waals surface area (Å²) in [7, 11) is 0. The Labute approximate surface area is 81.5 Å². The first-order valence-corrected chi connectivity index (χ1v) is 4.14. The van der Waals surface area contributed by atoms with Gasteiger partial charge in [-0.2, -0.15) is 0 Å². The number of hydrazine groups is 1. The summed E-state index contributed by atoms with van der Waals surface area (Å²) in [5.41, 5.74) is 1.74. The number of nitrogens with one attached hydrogen (secondary N) is 1. The molecule has 1 aromatic rings. The smallest absolute Gasteiger partial charge is 0.158 e. The van der Waals surface area contributed by atoms with Crippen LogP contribution < -0.4 is 5.43 Å². The number of nitrogens with zero attached hydrogens (tertiary/aromatic N) is 1. The van der Waals surface area contributed by atoms with Crippen molar-refractivity contribution in [3.8, 4) is 5.75 Å². The Hall–Kier alpha value is -1.78. The molecule has 0 fully saturated rings. The van der Waals surface area contributed by atoms with Gasteiger partial charge in [-0.05, 0) is 19.9 Å². The highest BCUT2D eigenvalue weighted by Gasteiger charge is 2.27. The molecule has 0 spiro atoms. The molecule has 0 aliphatic carbocycles. The number of phenols is 1. The monoisotopic (exact) mass is 196 g/mol. The highest BCUT2D eigenvalue weighted by Crippen LogP contribution is 2.27. The zero-order valence-electron chi connectivity index (χ0n) is 8.02. The Balaban J connectivity index is 3.03. The van der Waals surface area contributed by atoms with Crippen molar-refractivity contribution in [2.75, 3.05) is 0 Å². The lowest BCUT2D eigenvalue weighted by atomic mass is 9.94. The molecule has 0 aromatic heterocycles. The van der Waals surface area contributed by atoms with Gasteiger partial charge in [-0.15, -0.1) is 5.43 Å². The number of phenolic OH excluding ortho intramolecular Hbond substituents is 1. The van der Waals surface area contributed by atoms with E-state index in [1.165, 1.54) is 6.07 Å². The molecule has 0 amide bonds. The molecule has 0 heterocycles. The largest absolute Gasteiger partial charge is 0.508 e. The second-order valence-corrected chi connectivity index (χ2v) is 3.51. The maximum absolute atomic E-state index is 10.3. The van der Waals surface area contributed by atoms with Gasteiger partial charge in [-0.25, -0.2) is 10.1 Å². The van der Waals surface area contributed by atoms with E-state index in [2.05, 4.69) is 5.43 Å². The van der Waals surface area contributed by atoms with Crippen LogP contribution in [0, 0.1) is 10.1 Å². The third-order valence-electron chi connectivity index (χ3n) is 1.95. The number of nitro groups is 1. The zero-order chi connectivity index (χ0) is 10.8. The molecule has 14 heavy (non-hydrogen) atoms. The van der Waals surface area contributed by atoms with Crippen molar-refractivity contribution in [1.82, 2.24) is 5.43 Å². The van der Waals surface area contributed by atoms with Crippen LogP contribution >= 0.6 is 0 Å². The fourth-order valence-corrected chi connectivity index (χ4v) is 1.29. The Morgan fingerprint density at radius 2 is 2.00 bits per heavy atom. The molecule has 1 rings (SSSR count). The van der Waals surface area contributed by atoms with Gasteiger partial charge >= 0.3 is 0 Å². The molecule has 0 aliphatic rings. The lowest BCUT2D eigenvalue weighted by molar-refractivity contribution is -0.559. The summed E-state index contributed by atoms with van der Waals surface area (Å²) < 4.78 is 0. The first-order chi connectivity index (χ1) is 6.43. The van der Waals surface area contributed by atoms with E-state index in [9.17, 15) is 15.2 Å². The van der Waals surface area contributed by atoms with E-state index >= 15 is 0 Å². The fourth-order valence-electron chi connectivity index (χ4n) is 1.29. The first-order valence-electron chi connectivity index (χ1n) is 4.14. The van der Waals surface area contributed by atoms with E-state index in [-0.39, 0.29) is 5.75 Å². The van der Waals surface area contributed by atoms with Gasteiger partial charge in [-0.1, -0.05) is 18.2 Å². The molecule has 76 valence electrons. The topological polar surface area (TPSA) is 75.4 Å². The van der Waals surface area contributed by atoms with Crippen molar-refractivity contribution >= 4 is 0 Å². The predicted octanol–water partition coefficient (Wildman–Crippen LogP) is 1.41. The van der Waals surface area contributed by atoms with Crippen LogP contribution in [0.25, 0.3) is 0 Å². The van der Waals surface area contributed by atoms with Crippen LogP contribution in [0.5, 0.6) is 5.75 Å². The molecule has 2 N–H and O–H groups in total. The Morgan fingerprint density at radius 1 is 1.43 bits per heavy atom. The van der Waals surface area contributed by atoms with Gasteiger partial charge in [0.05, 0.1) is 0 Å². The second-order valence-electron chi connectivity index (χ2n) is 3.51. The van der Waals surface area contributed by atoms with Crippen LogP contribution in [-0.4, -0.2) is 10.1 Å². The quantitative estimate of drug-likeness (QED) is 0.566. The third kappa shape index (κ3) is 2.12. The summed E-state index contributed by atoms with van der Waals surface area (Å²) in [6.07, 6.45) is 0. The van der Waals surface area contributed by atoms with Crippen LogP contribution in [0.4, 0.5) is 0 Å². The highest BCUT2D eigenvalue weighted by atomic mass is 16.7. The minimum Gasteiger partial charge on any atom is -0.508 e. The standard InChI is InChI=1S/C9H12N2O3/c1-9(2,10-11(13)14)7-5-3-4-6-8(7)12/h3-6,10,12H,1-2H3. The van der Waals surface area contributed by atoms with Crippen molar-refractivity contribution in [2.45, 2.75) is 19.4 Å². The lowest BCUT2D eigenvalue weighted by Crippen LogP contribution is -2.40. The first kappa shape index (κ1) is 10.3. The Bertz CT molecular complexity index is 350. The summed E-state index contributed by atoms with van der Waals surface area (Å²) in [6, 6.07) is 6.53. The van der Waals surface area contributed by atoms with Gasteiger partial charge in [0, 0.05) is 5.56 Å². The van der Waals surface area contributed by atoms with Crippen molar-refractivity contribution in [3.05, 3.63) is 39.9 Å². The molecule has 0 bridgehead atoms. The summed E-state index contributed by atoms with van der Waals surface area (Å²) in [5, 5.41) is 19.2. The number of para-hydroxylation sites is 1. The molecule has 5 nitrogen and oxygen atoms in total. The van der Waals surface area contributed by atoms with Crippen molar-refractivity contribution in [3.63, 3.8) is 0 Å². The molecule has 1 aromatic carbocycles. The maximum atomic E-state index is 10.3. The summed E-state index contributed by atoms with van der Waals surface area (Å²) >= 11 is 0. The average Bonchev–Trinajstić information content (AvgIpc) is 2.02. The lowest BCUT2D eigenvalue weighted by Gasteiger charge is -2.21. The van der Waals surface area contributed by atoms with E-state index in [0.717, 1.165) is 0 Å². The minimum atomic E-state index is -0.894. The van der Waals surface area contributed by atoms with Gasteiger partial charge in [0.25, 0.3) is 0 Å². The molecular formula is C9H12N2O3. The average molecular weight is 196 g/mol. The van der Waals surface area contributed by atoms with Gasteiger partial charge in [0.15, 0.2) is 5.03 Å². The summed E-state index contributed by atoms with van der Waals surface area (Å²) in [5.74, 6) is 0.0480. The van der Waals surface area contributed by atoms with E-state index in [0.29, 0.717) is 5.56 Å². The third-order valence-corrected chi connectivity index (χ3v) is 1.95. The maximum Gasteiger partial charge on any atom is 0.158 e. The SMILES string of the molecule is CC(C)(N[N+](=O)[O-])c1ccccc1O. The van der Waals surface area contributed by atoms with Crippen molar-refractivity contribution in [2.24, 2.45) is 0 Å². The van der Waals surface area contributed by atoms with Crippen LogP contribution in [0.1, 0.15) is 19.4 Å². The van der Waals surface area contributed by atoms with Crippen molar-refractivity contribution < 1.29 is 10.1 Å². The molecule has 0 atom stereocenters. The van der Waals surface area contributed by atoms with Crippen LogP contribution in [0.2, 0.25) is 0 Å². The highest BCUT2D eigenvalue weighted by molar-refractivity contribution is 5.36. The number of benzene rings is 1. The van der Waals surface area contributed by atoms with Gasteiger partial charge in [0.2, 0.25) is 0 Å². The molecule has 5 heteroatoms. The molecular weight excluding hydrogens is 184 g/mol. The summed E-state index contributed by atoms with van der Waals surface area (Å²) in [6.45, 7) is 3.26. The number of aromatic hydroxyl groups is 1. The minimum absolute atomic E-state index is 0.0480. The molecule has 0 unspecified atom stereocenters. The molecule has 0 aliphatic heterocycles. The molecule has 0 radical (unpaired) electrons. The van der Waals surface area contributed by atoms with E-state index in [4.69, 9.17) is 0 Å². The fraction of sp³-hybridized carbons (Fsp3) is 0.333. The van der Waals surface area contributed by atoms with E-state index < -0.39 is 10.6 Å².